The van der Waals surface area contributed by atoms with Gasteiger partial charge in [0.05, 0.1) is 0 Å². The third kappa shape index (κ3) is 3.29. The van der Waals surface area contributed by atoms with Crippen molar-refractivity contribution in [2.75, 3.05) is 13.6 Å². The predicted octanol–water partition coefficient (Wildman–Crippen LogP) is 3.18. The van der Waals surface area contributed by atoms with Crippen LogP contribution in [0.4, 0.5) is 0 Å². The highest BCUT2D eigenvalue weighted by atomic mass is 79.9. The van der Waals surface area contributed by atoms with Crippen LogP contribution in [0.3, 0.4) is 0 Å². The summed E-state index contributed by atoms with van der Waals surface area (Å²) in [5.74, 6) is 0. The summed E-state index contributed by atoms with van der Waals surface area (Å²) in [5.41, 5.74) is -0.0500. The molecule has 0 unspecified atom stereocenters. The van der Waals surface area contributed by atoms with Crippen LogP contribution in [0.25, 0.3) is 0 Å². The van der Waals surface area contributed by atoms with Crippen LogP contribution in [-0.4, -0.2) is 26.3 Å². The number of nitrogens with zero attached hydrogens (tertiary/aromatic N) is 1. The highest BCUT2D eigenvalue weighted by Gasteiger charge is 2.27. The van der Waals surface area contributed by atoms with Gasteiger partial charge < -0.3 is 0 Å². The van der Waals surface area contributed by atoms with Crippen molar-refractivity contribution in [3.63, 3.8) is 0 Å². The Morgan fingerprint density at radius 2 is 2.00 bits per heavy atom. The Balaban J connectivity index is 3.00. The van der Waals surface area contributed by atoms with Gasteiger partial charge in [-0.2, -0.15) is 4.31 Å². The molecular weight excluding hydrogens is 310 g/mol. The number of halogens is 1. The second-order valence-electron chi connectivity index (χ2n) is 4.88. The maximum absolute atomic E-state index is 12.2. The van der Waals surface area contributed by atoms with E-state index < -0.39 is 10.0 Å². The van der Waals surface area contributed by atoms with Gasteiger partial charge in [0, 0.05) is 18.1 Å². The maximum Gasteiger partial charge on any atom is 0.253 e. The van der Waals surface area contributed by atoms with Crippen molar-refractivity contribution >= 4 is 37.3 Å². The molecule has 0 amide bonds. The first kappa shape index (κ1) is 14.2. The molecule has 92 valence electrons. The van der Waals surface area contributed by atoms with E-state index in [4.69, 9.17) is 0 Å². The van der Waals surface area contributed by atoms with Gasteiger partial charge in [-0.15, -0.1) is 11.3 Å². The summed E-state index contributed by atoms with van der Waals surface area (Å²) in [5, 5.41) is 1.77. The zero-order valence-electron chi connectivity index (χ0n) is 9.82. The van der Waals surface area contributed by atoms with E-state index in [-0.39, 0.29) is 5.41 Å². The topological polar surface area (TPSA) is 37.4 Å². The van der Waals surface area contributed by atoms with E-state index in [0.29, 0.717) is 15.2 Å². The van der Waals surface area contributed by atoms with Gasteiger partial charge in [0.1, 0.15) is 4.21 Å². The lowest BCUT2D eigenvalue weighted by molar-refractivity contribution is 0.311. The molecule has 0 spiro atoms. The molecule has 1 aromatic heterocycles. The standard InChI is InChI=1S/C10H16BrNO2S2/c1-10(2,3)7-12(4)16(13,14)9-8(11)5-6-15-9/h5-6H,7H2,1-4H3. The third-order valence-electron chi connectivity index (χ3n) is 1.93. The van der Waals surface area contributed by atoms with E-state index in [2.05, 4.69) is 15.9 Å². The second-order valence-corrected chi connectivity index (χ2v) is 8.89. The second kappa shape index (κ2) is 4.76. The molecule has 0 saturated heterocycles. The minimum absolute atomic E-state index is 0.0500. The minimum Gasteiger partial charge on any atom is -0.206 e. The van der Waals surface area contributed by atoms with Crippen LogP contribution in [0.2, 0.25) is 0 Å². The molecule has 0 fully saturated rings. The highest BCUT2D eigenvalue weighted by molar-refractivity contribution is 9.10. The molecule has 1 heterocycles. The van der Waals surface area contributed by atoms with E-state index in [9.17, 15) is 8.42 Å². The largest absolute Gasteiger partial charge is 0.253 e. The number of rotatable bonds is 3. The minimum atomic E-state index is -3.35. The Morgan fingerprint density at radius 3 is 2.38 bits per heavy atom. The Morgan fingerprint density at radius 1 is 1.44 bits per heavy atom. The van der Waals surface area contributed by atoms with Crippen LogP contribution < -0.4 is 0 Å². The monoisotopic (exact) mass is 325 g/mol. The van der Waals surface area contributed by atoms with Gasteiger partial charge in [0.15, 0.2) is 0 Å². The van der Waals surface area contributed by atoms with E-state index in [1.165, 1.54) is 15.6 Å². The molecule has 0 N–H and O–H groups in total. The van der Waals surface area contributed by atoms with Gasteiger partial charge in [-0.25, -0.2) is 8.42 Å². The van der Waals surface area contributed by atoms with Crippen molar-refractivity contribution in [3.8, 4) is 0 Å². The Hall–Kier alpha value is 0.0900. The fourth-order valence-electron chi connectivity index (χ4n) is 1.36. The summed E-state index contributed by atoms with van der Waals surface area (Å²) < 4.78 is 26.8. The van der Waals surface area contributed by atoms with E-state index in [0.717, 1.165) is 0 Å². The van der Waals surface area contributed by atoms with Crippen molar-refractivity contribution in [2.24, 2.45) is 5.41 Å². The molecule has 0 radical (unpaired) electrons. The molecule has 1 aromatic rings. The average Bonchev–Trinajstić information content (AvgIpc) is 2.48. The molecule has 0 atom stereocenters. The smallest absolute Gasteiger partial charge is 0.206 e. The van der Waals surface area contributed by atoms with E-state index in [1.54, 1.807) is 18.5 Å². The molecule has 16 heavy (non-hydrogen) atoms. The van der Waals surface area contributed by atoms with Gasteiger partial charge >= 0.3 is 0 Å². The fraction of sp³-hybridized carbons (Fsp3) is 0.600. The summed E-state index contributed by atoms with van der Waals surface area (Å²) in [4.78, 5) is 0. The quantitative estimate of drug-likeness (QED) is 0.855. The number of hydrogen-bond acceptors (Lipinski definition) is 3. The number of hydrogen-bond donors (Lipinski definition) is 0. The number of sulfonamides is 1. The van der Waals surface area contributed by atoms with Crippen LogP contribution in [0.5, 0.6) is 0 Å². The van der Waals surface area contributed by atoms with Crippen molar-refractivity contribution in [1.82, 2.24) is 4.31 Å². The third-order valence-corrected chi connectivity index (χ3v) is 6.38. The molecular formula is C10H16BrNO2S2. The first-order chi connectivity index (χ1) is 7.14. The van der Waals surface area contributed by atoms with Crippen LogP contribution >= 0.6 is 27.3 Å². The van der Waals surface area contributed by atoms with Crippen LogP contribution in [0.15, 0.2) is 20.1 Å². The van der Waals surface area contributed by atoms with Gasteiger partial charge in [0.2, 0.25) is 0 Å². The summed E-state index contributed by atoms with van der Waals surface area (Å²) in [6.45, 7) is 6.55. The average molecular weight is 326 g/mol. The van der Waals surface area contributed by atoms with Crippen LogP contribution in [0.1, 0.15) is 20.8 Å². The molecule has 0 aromatic carbocycles. The summed E-state index contributed by atoms with van der Waals surface area (Å²) in [6.07, 6.45) is 0. The molecule has 1 rings (SSSR count). The molecule has 0 aliphatic heterocycles. The first-order valence-corrected chi connectivity index (χ1v) is 7.95. The lowest BCUT2D eigenvalue weighted by atomic mass is 9.97. The number of thiophene rings is 1. The van der Waals surface area contributed by atoms with E-state index in [1.807, 2.05) is 20.8 Å². The lowest BCUT2D eigenvalue weighted by Crippen LogP contribution is -2.34. The molecule has 0 aliphatic carbocycles. The van der Waals surface area contributed by atoms with Crippen LogP contribution in [0, 0.1) is 5.41 Å². The van der Waals surface area contributed by atoms with Gasteiger partial charge in [-0.05, 0) is 32.8 Å². The van der Waals surface area contributed by atoms with Crippen molar-refractivity contribution in [1.29, 1.82) is 0 Å². The summed E-state index contributed by atoms with van der Waals surface area (Å²) in [6, 6.07) is 1.75. The Kier molecular flexibility index (Phi) is 4.21. The normalized spacial score (nSPS) is 13.4. The predicted molar refractivity (Wildman–Crippen MR) is 71.3 cm³/mol. The van der Waals surface area contributed by atoms with Crippen molar-refractivity contribution in [2.45, 2.75) is 25.0 Å². The first-order valence-electron chi connectivity index (χ1n) is 4.84. The van der Waals surface area contributed by atoms with Crippen molar-refractivity contribution in [3.05, 3.63) is 15.9 Å². The molecule has 0 saturated carbocycles. The maximum atomic E-state index is 12.2. The molecule has 0 bridgehead atoms. The van der Waals surface area contributed by atoms with Crippen molar-refractivity contribution < 1.29 is 8.42 Å². The van der Waals surface area contributed by atoms with Gasteiger partial charge in [0.25, 0.3) is 10.0 Å². The summed E-state index contributed by atoms with van der Waals surface area (Å²) in [7, 11) is -1.74. The summed E-state index contributed by atoms with van der Waals surface area (Å²) >= 11 is 4.49. The van der Waals surface area contributed by atoms with Crippen LogP contribution in [-0.2, 0) is 10.0 Å². The highest BCUT2D eigenvalue weighted by Crippen LogP contribution is 2.30. The van der Waals surface area contributed by atoms with Gasteiger partial charge in [-0.3, -0.25) is 0 Å². The van der Waals surface area contributed by atoms with E-state index >= 15 is 0 Å². The molecule has 0 aliphatic rings. The lowest BCUT2D eigenvalue weighted by Gasteiger charge is -2.25. The van der Waals surface area contributed by atoms with Gasteiger partial charge in [-0.1, -0.05) is 20.8 Å². The molecule has 3 nitrogen and oxygen atoms in total. The Labute approximate surface area is 110 Å². The molecule has 6 heteroatoms. The zero-order chi connectivity index (χ0) is 12.6. The Bertz CT molecular complexity index is 459. The zero-order valence-corrected chi connectivity index (χ0v) is 13.0. The fourth-order valence-corrected chi connectivity index (χ4v) is 5.26. The SMILES string of the molecule is CN(CC(C)(C)C)S(=O)(=O)c1sccc1Br.